The topological polar surface area (TPSA) is 50.3 Å². The summed E-state index contributed by atoms with van der Waals surface area (Å²) in [6, 6.07) is 12.5. The quantitative estimate of drug-likeness (QED) is 0.266. The average Bonchev–Trinajstić information content (AvgIpc) is 2.68. The van der Waals surface area contributed by atoms with Gasteiger partial charge < -0.3 is 0 Å². The summed E-state index contributed by atoms with van der Waals surface area (Å²) in [6.45, 7) is 0. The number of hydrogen-bond acceptors (Lipinski definition) is 3. The maximum Gasteiger partial charge on any atom is 0.269 e. The van der Waals surface area contributed by atoms with Crippen molar-refractivity contribution < 1.29 is 9.59 Å². The fourth-order valence-electron chi connectivity index (χ4n) is 2.56. The van der Waals surface area contributed by atoms with Gasteiger partial charge in [0.15, 0.2) is 0 Å². The van der Waals surface area contributed by atoms with E-state index in [-0.39, 0.29) is 37.0 Å². The molecule has 0 aliphatic heterocycles. The molecule has 0 radical (unpaired) electrons. The first-order valence-corrected chi connectivity index (χ1v) is 10.8. The summed E-state index contributed by atoms with van der Waals surface area (Å²) in [6.07, 6.45) is 1.54. The number of imide groups is 1. The normalized spacial score (nSPS) is 10.7. The molecule has 1 aromatic heterocycles. The summed E-state index contributed by atoms with van der Waals surface area (Å²) in [5.41, 5.74) is 0.803. The van der Waals surface area contributed by atoms with Crippen LogP contribution in [0.4, 0.5) is 5.82 Å². The van der Waals surface area contributed by atoms with Crippen molar-refractivity contribution >= 4 is 80.0 Å². The molecule has 0 N–H and O–H groups in total. The van der Waals surface area contributed by atoms with Crippen molar-refractivity contribution in [3.63, 3.8) is 0 Å². The van der Waals surface area contributed by atoms with Gasteiger partial charge in [0.05, 0.1) is 31.2 Å². The van der Waals surface area contributed by atoms with Crippen LogP contribution in [0.2, 0.25) is 20.1 Å². The van der Waals surface area contributed by atoms with Crippen molar-refractivity contribution in [2.45, 2.75) is 5.33 Å². The molecule has 9 heteroatoms. The lowest BCUT2D eigenvalue weighted by Crippen LogP contribution is -2.38. The molecule has 0 fully saturated rings. The van der Waals surface area contributed by atoms with Crippen molar-refractivity contribution in [1.29, 1.82) is 0 Å². The average molecular weight is 533 g/mol. The molecule has 0 unspecified atom stereocenters. The lowest BCUT2D eigenvalue weighted by atomic mass is 10.1. The molecule has 2 amide bonds. The van der Waals surface area contributed by atoms with Crippen LogP contribution in [0.1, 0.15) is 26.3 Å². The van der Waals surface area contributed by atoms with E-state index in [1.165, 1.54) is 24.3 Å². The number of alkyl halides is 1. The Morgan fingerprint density at radius 2 is 1.24 bits per heavy atom. The number of nitrogens with zero attached hydrogens (tertiary/aromatic N) is 2. The van der Waals surface area contributed by atoms with Crippen molar-refractivity contribution in [3.05, 3.63) is 91.5 Å². The summed E-state index contributed by atoms with van der Waals surface area (Å²) in [7, 11) is 0. The predicted molar refractivity (Wildman–Crippen MR) is 121 cm³/mol. The van der Waals surface area contributed by atoms with Crippen molar-refractivity contribution in [3.8, 4) is 0 Å². The molecule has 0 saturated heterocycles. The first-order valence-electron chi connectivity index (χ1n) is 8.13. The van der Waals surface area contributed by atoms with Gasteiger partial charge in [0, 0.05) is 11.5 Å². The van der Waals surface area contributed by atoms with E-state index >= 15 is 0 Å². The number of pyridine rings is 1. The van der Waals surface area contributed by atoms with E-state index in [1.54, 1.807) is 30.5 Å². The zero-order valence-electron chi connectivity index (χ0n) is 14.5. The maximum atomic E-state index is 13.4. The number of rotatable bonds is 4. The molecule has 0 saturated carbocycles. The summed E-state index contributed by atoms with van der Waals surface area (Å²) < 4.78 is 0. The molecule has 0 bridgehead atoms. The minimum Gasteiger partial charge on any atom is -0.268 e. The van der Waals surface area contributed by atoms with Gasteiger partial charge in [0.25, 0.3) is 11.8 Å². The summed E-state index contributed by atoms with van der Waals surface area (Å²) in [5, 5.41) is 0.963. The SMILES string of the molecule is O=C(c1c(Cl)cccc1Cl)N(C(=O)c1c(Cl)cccc1Cl)c1ccc(CBr)cn1. The van der Waals surface area contributed by atoms with Crippen LogP contribution >= 0.6 is 62.3 Å². The lowest BCUT2D eigenvalue weighted by Gasteiger charge is -2.22. The van der Waals surface area contributed by atoms with E-state index in [0.717, 1.165) is 10.5 Å². The minimum atomic E-state index is -0.749. The second-order valence-electron chi connectivity index (χ2n) is 5.80. The summed E-state index contributed by atoms with van der Waals surface area (Å²) in [5.74, 6) is -1.42. The van der Waals surface area contributed by atoms with Crippen molar-refractivity contribution in [2.24, 2.45) is 0 Å². The Kier molecular flexibility index (Phi) is 7.19. The largest absolute Gasteiger partial charge is 0.269 e. The molecular weight excluding hydrogens is 522 g/mol. The van der Waals surface area contributed by atoms with Gasteiger partial charge in [-0.1, -0.05) is 80.5 Å². The van der Waals surface area contributed by atoms with Gasteiger partial charge in [-0.25, -0.2) is 9.88 Å². The Balaban J connectivity index is 2.19. The maximum absolute atomic E-state index is 13.4. The molecule has 0 aliphatic rings. The monoisotopic (exact) mass is 530 g/mol. The highest BCUT2D eigenvalue weighted by molar-refractivity contribution is 9.08. The van der Waals surface area contributed by atoms with E-state index in [2.05, 4.69) is 20.9 Å². The third kappa shape index (κ3) is 4.60. The van der Waals surface area contributed by atoms with E-state index < -0.39 is 11.8 Å². The van der Waals surface area contributed by atoms with E-state index in [1.807, 2.05) is 0 Å². The number of carbonyl (C=O) groups is 2. The van der Waals surface area contributed by atoms with Gasteiger partial charge in [-0.2, -0.15) is 0 Å². The summed E-state index contributed by atoms with van der Waals surface area (Å²) >= 11 is 28.1. The van der Waals surface area contributed by atoms with Gasteiger partial charge in [-0.15, -0.1) is 0 Å². The Morgan fingerprint density at radius 3 is 1.59 bits per heavy atom. The molecule has 3 rings (SSSR count). The smallest absolute Gasteiger partial charge is 0.268 e. The number of benzene rings is 2. The molecule has 0 atom stereocenters. The number of carbonyl (C=O) groups excluding carboxylic acids is 2. The van der Waals surface area contributed by atoms with Crippen molar-refractivity contribution in [2.75, 3.05) is 4.90 Å². The molecular formula is C20H11BrCl4N2O2. The minimum absolute atomic E-state index is 0.0290. The highest BCUT2D eigenvalue weighted by Gasteiger charge is 2.32. The number of anilines is 1. The molecule has 1 heterocycles. The Hall–Kier alpha value is -1.63. The fraction of sp³-hybridized carbons (Fsp3) is 0.0500. The van der Waals surface area contributed by atoms with Crippen LogP contribution in [0.5, 0.6) is 0 Å². The van der Waals surface area contributed by atoms with Crippen LogP contribution in [-0.4, -0.2) is 16.8 Å². The van der Waals surface area contributed by atoms with Crippen LogP contribution in [0, 0.1) is 0 Å². The second-order valence-corrected chi connectivity index (χ2v) is 7.99. The Bertz CT molecular complexity index is 986. The Morgan fingerprint density at radius 1 is 0.793 bits per heavy atom. The van der Waals surface area contributed by atoms with Crippen LogP contribution in [-0.2, 0) is 5.33 Å². The summed E-state index contributed by atoms with van der Waals surface area (Å²) in [4.78, 5) is 31.9. The molecule has 29 heavy (non-hydrogen) atoms. The van der Waals surface area contributed by atoms with Gasteiger partial charge in [0.2, 0.25) is 0 Å². The van der Waals surface area contributed by atoms with Crippen LogP contribution in [0.15, 0.2) is 54.7 Å². The van der Waals surface area contributed by atoms with E-state index in [9.17, 15) is 9.59 Å². The number of aromatic nitrogens is 1. The molecule has 148 valence electrons. The van der Waals surface area contributed by atoms with E-state index in [0.29, 0.717) is 5.33 Å². The van der Waals surface area contributed by atoms with Crippen LogP contribution in [0.3, 0.4) is 0 Å². The van der Waals surface area contributed by atoms with Crippen LogP contribution in [0.25, 0.3) is 0 Å². The standard InChI is InChI=1S/C20H11BrCl4N2O2/c21-9-11-7-8-16(26-10-11)27(19(28)17-12(22)3-1-4-13(17)23)20(29)18-14(24)5-2-6-15(18)25/h1-8,10H,9H2. The molecule has 4 nitrogen and oxygen atoms in total. The first-order chi connectivity index (χ1) is 13.8. The Labute approximate surface area is 195 Å². The zero-order chi connectivity index (χ0) is 21.1. The fourth-order valence-corrected chi connectivity index (χ4v) is 4.01. The highest BCUT2D eigenvalue weighted by Crippen LogP contribution is 2.31. The van der Waals surface area contributed by atoms with Gasteiger partial charge in [-0.3, -0.25) is 9.59 Å². The first kappa shape index (κ1) is 22.1. The second kappa shape index (κ2) is 9.45. The predicted octanol–water partition coefficient (Wildman–Crippen LogP) is 7.08. The highest BCUT2D eigenvalue weighted by atomic mass is 79.9. The van der Waals surface area contributed by atoms with E-state index in [4.69, 9.17) is 46.4 Å². The number of hydrogen-bond donors (Lipinski definition) is 0. The van der Waals surface area contributed by atoms with Crippen LogP contribution < -0.4 is 4.90 Å². The van der Waals surface area contributed by atoms with Gasteiger partial charge >= 0.3 is 0 Å². The molecule has 3 aromatic rings. The third-order valence-electron chi connectivity index (χ3n) is 3.95. The van der Waals surface area contributed by atoms with Gasteiger partial charge in [-0.05, 0) is 35.9 Å². The van der Waals surface area contributed by atoms with Gasteiger partial charge in [0.1, 0.15) is 5.82 Å². The number of halogens is 5. The third-order valence-corrected chi connectivity index (χ3v) is 5.86. The molecule has 0 spiro atoms. The lowest BCUT2D eigenvalue weighted by molar-refractivity contribution is 0.0897. The number of amides is 2. The zero-order valence-corrected chi connectivity index (χ0v) is 19.1. The van der Waals surface area contributed by atoms with Crippen molar-refractivity contribution in [1.82, 2.24) is 4.98 Å². The molecule has 2 aromatic carbocycles. The molecule has 0 aliphatic carbocycles.